The summed E-state index contributed by atoms with van der Waals surface area (Å²) in [7, 11) is 0. The second kappa shape index (κ2) is 7.51. The van der Waals surface area contributed by atoms with Gasteiger partial charge >= 0.3 is 5.97 Å². The smallest absolute Gasteiger partial charge is 0.339 e. The summed E-state index contributed by atoms with van der Waals surface area (Å²) >= 11 is 5.89. The highest BCUT2D eigenvalue weighted by molar-refractivity contribution is 6.30. The van der Waals surface area contributed by atoms with Crippen LogP contribution in [0.3, 0.4) is 0 Å². The summed E-state index contributed by atoms with van der Waals surface area (Å²) in [5, 5.41) is 22.7. The third-order valence-corrected chi connectivity index (χ3v) is 4.15. The number of benzene rings is 2. The highest BCUT2D eigenvalue weighted by atomic mass is 35.5. The van der Waals surface area contributed by atoms with E-state index >= 15 is 0 Å². The summed E-state index contributed by atoms with van der Waals surface area (Å²) in [4.78, 5) is 15.1. The van der Waals surface area contributed by atoms with E-state index in [0.717, 1.165) is 0 Å². The fourth-order valence-electron chi connectivity index (χ4n) is 2.58. The molecule has 0 aliphatic rings. The molecule has 138 valence electrons. The van der Waals surface area contributed by atoms with Crippen LogP contribution in [-0.2, 0) is 6.67 Å². The summed E-state index contributed by atoms with van der Waals surface area (Å²) < 4.78 is 13.2. The quantitative estimate of drug-likeness (QED) is 0.476. The number of hydrogen-bond acceptors (Lipinski definition) is 5. The zero-order chi connectivity index (χ0) is 19.6. The fourth-order valence-corrected chi connectivity index (χ4v) is 2.77. The molecule has 5 N–H and O–H groups in total. The van der Waals surface area contributed by atoms with Gasteiger partial charge in [0, 0.05) is 27.5 Å². The summed E-state index contributed by atoms with van der Waals surface area (Å²) in [5.41, 5.74) is 7.71. The van der Waals surface area contributed by atoms with Crippen molar-refractivity contribution >= 4 is 34.8 Å². The minimum absolute atomic E-state index is 0.0580. The Hall–Kier alpha value is -3.32. The molecular formula is C19H15ClFN3O3. The van der Waals surface area contributed by atoms with Gasteiger partial charge < -0.3 is 21.3 Å². The number of pyridine rings is 1. The molecule has 0 aliphatic carbocycles. The summed E-state index contributed by atoms with van der Waals surface area (Å²) in [6.07, 6.45) is 0. The summed E-state index contributed by atoms with van der Waals surface area (Å²) in [6.45, 7) is -0.692. The van der Waals surface area contributed by atoms with Crippen molar-refractivity contribution in [2.45, 2.75) is 6.67 Å². The molecule has 0 spiro atoms. The average molecular weight is 388 g/mol. The molecule has 27 heavy (non-hydrogen) atoms. The van der Waals surface area contributed by atoms with Crippen LogP contribution in [0.2, 0.25) is 5.02 Å². The number of phenols is 1. The van der Waals surface area contributed by atoms with Gasteiger partial charge in [-0.15, -0.1) is 0 Å². The molecule has 1 heterocycles. The Balaban J connectivity index is 1.98. The van der Waals surface area contributed by atoms with Gasteiger partial charge in [0.15, 0.2) is 0 Å². The van der Waals surface area contributed by atoms with Crippen LogP contribution in [0.1, 0.15) is 15.9 Å². The first-order valence-electron chi connectivity index (χ1n) is 7.83. The Morgan fingerprint density at radius 1 is 1.19 bits per heavy atom. The first kappa shape index (κ1) is 18.5. The largest absolute Gasteiger partial charge is 0.507 e. The normalized spacial score (nSPS) is 10.6. The van der Waals surface area contributed by atoms with Crippen LogP contribution < -0.4 is 11.1 Å². The molecule has 0 radical (unpaired) electrons. The molecule has 0 fully saturated rings. The first-order valence-corrected chi connectivity index (χ1v) is 8.21. The molecule has 1 aromatic heterocycles. The molecule has 0 saturated heterocycles. The van der Waals surface area contributed by atoms with Crippen molar-refractivity contribution in [3.8, 4) is 17.0 Å². The van der Waals surface area contributed by atoms with Gasteiger partial charge in [0.2, 0.25) is 0 Å². The average Bonchev–Trinajstić information content (AvgIpc) is 2.64. The number of carboxylic acid groups (broad SMARTS) is 1. The zero-order valence-electron chi connectivity index (χ0n) is 13.9. The van der Waals surface area contributed by atoms with Crippen molar-refractivity contribution in [3.05, 3.63) is 64.7 Å². The molecular weight excluding hydrogens is 373 g/mol. The molecule has 2 aromatic carbocycles. The van der Waals surface area contributed by atoms with Crippen LogP contribution in [0.4, 0.5) is 21.6 Å². The molecule has 0 atom stereocenters. The van der Waals surface area contributed by atoms with Gasteiger partial charge in [0.25, 0.3) is 0 Å². The molecule has 0 saturated carbocycles. The fraction of sp³-hybridized carbons (Fsp3) is 0.0526. The van der Waals surface area contributed by atoms with Gasteiger partial charge in [-0.2, -0.15) is 0 Å². The Bertz CT molecular complexity index is 1030. The number of carboxylic acids is 1. The number of rotatable bonds is 5. The van der Waals surface area contributed by atoms with E-state index in [0.29, 0.717) is 33.2 Å². The number of nitrogen functional groups attached to an aromatic ring is 1. The predicted octanol–water partition coefficient (Wildman–Crippen LogP) is 4.60. The van der Waals surface area contributed by atoms with Gasteiger partial charge in [-0.25, -0.2) is 14.2 Å². The maximum Gasteiger partial charge on any atom is 0.339 e. The number of nitrogens with two attached hydrogens (primary N) is 1. The van der Waals surface area contributed by atoms with Crippen molar-refractivity contribution in [2.75, 3.05) is 11.1 Å². The number of halogens is 2. The maximum absolute atomic E-state index is 13.2. The van der Waals surface area contributed by atoms with Gasteiger partial charge in [-0.3, -0.25) is 0 Å². The minimum atomic E-state index is -1.19. The van der Waals surface area contributed by atoms with E-state index in [9.17, 15) is 14.3 Å². The molecule has 3 rings (SSSR count). The number of phenolic OH excluding ortho intramolecular Hbond substituents is 1. The molecule has 0 amide bonds. The number of nitrogens with zero attached hydrogens (tertiary/aromatic N) is 1. The van der Waals surface area contributed by atoms with E-state index in [-0.39, 0.29) is 17.1 Å². The molecule has 3 aromatic rings. The van der Waals surface area contributed by atoms with E-state index < -0.39 is 12.6 Å². The van der Waals surface area contributed by atoms with Crippen LogP contribution in [0.25, 0.3) is 11.3 Å². The Morgan fingerprint density at radius 2 is 1.96 bits per heavy atom. The number of carbonyl (C=O) groups is 1. The first-order chi connectivity index (χ1) is 12.9. The standard InChI is InChI=1S/C19H15ClFN3O3/c20-11-1-4-15(10(7-11)9-21)23-12-2-6-17(25)14(8-12)16-5-3-13(19(26)27)18(22)24-16/h1-8,23,25H,9H2,(H2,22,24)(H,26,27). The lowest BCUT2D eigenvalue weighted by atomic mass is 10.1. The predicted molar refractivity (Wildman–Crippen MR) is 102 cm³/mol. The number of aromatic hydroxyl groups is 1. The third-order valence-electron chi connectivity index (χ3n) is 3.92. The highest BCUT2D eigenvalue weighted by Gasteiger charge is 2.13. The number of nitrogens with one attached hydrogen (secondary N) is 1. The monoisotopic (exact) mass is 387 g/mol. The van der Waals surface area contributed by atoms with Crippen molar-refractivity contribution in [1.29, 1.82) is 0 Å². The van der Waals surface area contributed by atoms with Gasteiger partial charge in [0.05, 0.1) is 5.69 Å². The SMILES string of the molecule is Nc1nc(-c2cc(Nc3ccc(Cl)cc3CF)ccc2O)ccc1C(=O)O. The highest BCUT2D eigenvalue weighted by Crippen LogP contribution is 2.33. The molecule has 0 unspecified atom stereocenters. The third kappa shape index (κ3) is 3.93. The second-order valence-electron chi connectivity index (χ2n) is 5.73. The van der Waals surface area contributed by atoms with Gasteiger partial charge in [0.1, 0.15) is 23.8 Å². The molecule has 0 aliphatic heterocycles. The van der Waals surface area contributed by atoms with Crippen molar-refractivity contribution in [3.63, 3.8) is 0 Å². The van der Waals surface area contributed by atoms with E-state index in [1.54, 1.807) is 24.3 Å². The second-order valence-corrected chi connectivity index (χ2v) is 6.16. The summed E-state index contributed by atoms with van der Waals surface area (Å²) in [5.74, 6) is -1.40. The number of alkyl halides is 1. The maximum atomic E-state index is 13.2. The number of aromatic carboxylic acids is 1. The molecule has 8 heteroatoms. The molecule has 6 nitrogen and oxygen atoms in total. The van der Waals surface area contributed by atoms with Crippen LogP contribution >= 0.6 is 11.6 Å². The zero-order valence-corrected chi connectivity index (χ0v) is 14.7. The minimum Gasteiger partial charge on any atom is -0.507 e. The van der Waals surface area contributed by atoms with Crippen molar-refractivity contribution in [1.82, 2.24) is 4.98 Å². The van der Waals surface area contributed by atoms with E-state index in [2.05, 4.69) is 10.3 Å². The van der Waals surface area contributed by atoms with E-state index in [4.69, 9.17) is 22.4 Å². The number of hydrogen-bond donors (Lipinski definition) is 4. The van der Waals surface area contributed by atoms with Crippen LogP contribution in [-0.4, -0.2) is 21.2 Å². The number of aromatic nitrogens is 1. The Morgan fingerprint density at radius 3 is 2.63 bits per heavy atom. The van der Waals surface area contributed by atoms with Crippen molar-refractivity contribution in [2.24, 2.45) is 0 Å². The number of anilines is 3. The van der Waals surface area contributed by atoms with Crippen molar-refractivity contribution < 1.29 is 19.4 Å². The lowest BCUT2D eigenvalue weighted by Gasteiger charge is -2.13. The molecule has 0 bridgehead atoms. The lowest BCUT2D eigenvalue weighted by molar-refractivity contribution is 0.0697. The summed E-state index contributed by atoms with van der Waals surface area (Å²) in [6, 6.07) is 12.3. The van der Waals surface area contributed by atoms with Crippen LogP contribution in [0.15, 0.2) is 48.5 Å². The van der Waals surface area contributed by atoms with Gasteiger partial charge in [-0.1, -0.05) is 11.6 Å². The van der Waals surface area contributed by atoms with Gasteiger partial charge in [-0.05, 0) is 48.5 Å². The lowest BCUT2D eigenvalue weighted by Crippen LogP contribution is -2.05. The Labute approximate surface area is 159 Å². The van der Waals surface area contributed by atoms with Crippen LogP contribution in [0.5, 0.6) is 5.75 Å². The van der Waals surface area contributed by atoms with E-state index in [1.165, 1.54) is 24.3 Å². The van der Waals surface area contributed by atoms with E-state index in [1.807, 2.05) is 0 Å². The topological polar surface area (TPSA) is 108 Å². The van der Waals surface area contributed by atoms with Crippen LogP contribution in [0, 0.1) is 0 Å². The Kier molecular flexibility index (Phi) is 5.14.